The number of hydrogen-bond acceptors (Lipinski definition) is 4. The molecular formula is C20H23FN2O3. The van der Waals surface area contributed by atoms with E-state index in [-0.39, 0.29) is 11.7 Å². The molecule has 2 N–H and O–H groups in total. The maximum absolute atomic E-state index is 12.9. The number of nitrogens with one attached hydrogen (secondary N) is 2. The van der Waals surface area contributed by atoms with Crippen LogP contribution in [0, 0.1) is 5.82 Å². The predicted molar refractivity (Wildman–Crippen MR) is 97.6 cm³/mol. The zero-order chi connectivity index (χ0) is 18.4. The third kappa shape index (κ3) is 4.39. The van der Waals surface area contributed by atoms with Gasteiger partial charge in [-0.15, -0.1) is 0 Å². The lowest BCUT2D eigenvalue weighted by Crippen LogP contribution is -2.51. The van der Waals surface area contributed by atoms with Gasteiger partial charge in [-0.05, 0) is 55.8 Å². The van der Waals surface area contributed by atoms with Crippen LogP contribution in [0.5, 0.6) is 5.75 Å². The molecule has 138 valence electrons. The van der Waals surface area contributed by atoms with Crippen molar-refractivity contribution in [1.29, 1.82) is 0 Å². The summed E-state index contributed by atoms with van der Waals surface area (Å²) in [5.41, 5.74) is 0.728. The van der Waals surface area contributed by atoms with Gasteiger partial charge in [0, 0.05) is 18.9 Å². The van der Waals surface area contributed by atoms with Crippen LogP contribution < -0.4 is 15.4 Å². The van der Waals surface area contributed by atoms with E-state index in [0.717, 1.165) is 18.7 Å². The Kier molecular flexibility index (Phi) is 5.85. The van der Waals surface area contributed by atoms with Crippen LogP contribution in [0.2, 0.25) is 0 Å². The molecule has 1 saturated heterocycles. The monoisotopic (exact) mass is 358 g/mol. The molecule has 0 unspecified atom stereocenters. The highest BCUT2D eigenvalue weighted by atomic mass is 19.1. The van der Waals surface area contributed by atoms with E-state index in [1.54, 1.807) is 25.3 Å². The minimum absolute atomic E-state index is 0.141. The molecule has 1 aliphatic rings. The Morgan fingerprint density at radius 2 is 1.92 bits per heavy atom. The molecule has 1 heterocycles. The lowest BCUT2D eigenvalue weighted by atomic mass is 9.91. The van der Waals surface area contributed by atoms with Gasteiger partial charge >= 0.3 is 0 Å². The molecule has 0 spiro atoms. The number of carbonyl (C=O) groups excluding carboxylic acids is 1. The van der Waals surface area contributed by atoms with Gasteiger partial charge in [-0.1, -0.05) is 18.2 Å². The van der Waals surface area contributed by atoms with Crippen molar-refractivity contribution in [3.05, 3.63) is 59.9 Å². The largest absolute Gasteiger partial charge is 0.489 e. The summed E-state index contributed by atoms with van der Waals surface area (Å²) in [5.74, 6) is 0.213. The highest BCUT2D eigenvalue weighted by molar-refractivity contribution is 5.97. The van der Waals surface area contributed by atoms with Crippen molar-refractivity contribution in [2.75, 3.05) is 25.5 Å². The highest BCUT2D eigenvalue weighted by Gasteiger charge is 2.39. The number of amides is 1. The van der Waals surface area contributed by atoms with Crippen LogP contribution in [-0.2, 0) is 16.1 Å². The molecule has 0 aliphatic carbocycles. The molecule has 0 bridgehead atoms. The number of ether oxygens (including phenoxy) is 2. The van der Waals surface area contributed by atoms with Crippen molar-refractivity contribution in [2.24, 2.45) is 0 Å². The summed E-state index contributed by atoms with van der Waals surface area (Å²) in [6.07, 6.45) is 1.27. The Morgan fingerprint density at radius 3 is 2.62 bits per heavy atom. The van der Waals surface area contributed by atoms with E-state index in [4.69, 9.17) is 9.47 Å². The molecule has 6 heteroatoms. The Bertz CT molecular complexity index is 743. The molecule has 0 saturated carbocycles. The third-order valence-corrected chi connectivity index (χ3v) is 4.63. The van der Waals surface area contributed by atoms with Gasteiger partial charge in [0.15, 0.2) is 0 Å². The number of halogens is 1. The maximum atomic E-state index is 12.9. The van der Waals surface area contributed by atoms with Gasteiger partial charge in [-0.25, -0.2) is 4.39 Å². The molecule has 0 radical (unpaired) electrons. The van der Waals surface area contributed by atoms with Gasteiger partial charge < -0.3 is 20.1 Å². The van der Waals surface area contributed by atoms with Crippen molar-refractivity contribution >= 4 is 11.6 Å². The van der Waals surface area contributed by atoms with Crippen LogP contribution in [0.25, 0.3) is 0 Å². The summed E-state index contributed by atoms with van der Waals surface area (Å²) >= 11 is 0. The zero-order valence-electron chi connectivity index (χ0n) is 14.8. The first-order valence-corrected chi connectivity index (χ1v) is 8.66. The molecule has 1 fully saturated rings. The number of methoxy groups -OCH3 is 1. The zero-order valence-corrected chi connectivity index (χ0v) is 14.8. The molecule has 1 amide bonds. The average Bonchev–Trinajstić information content (AvgIpc) is 2.68. The number of hydrogen-bond donors (Lipinski definition) is 2. The first-order valence-electron chi connectivity index (χ1n) is 8.66. The topological polar surface area (TPSA) is 59.6 Å². The smallest absolute Gasteiger partial charge is 0.256 e. The fourth-order valence-corrected chi connectivity index (χ4v) is 3.01. The molecule has 26 heavy (non-hydrogen) atoms. The van der Waals surface area contributed by atoms with Crippen LogP contribution in [-0.4, -0.2) is 31.7 Å². The van der Waals surface area contributed by atoms with Crippen molar-refractivity contribution in [1.82, 2.24) is 5.32 Å². The SMILES string of the molecule is COC1(C(=O)Nc2cccc(OCc3ccc(F)cc3)c2)CCNCC1. The van der Waals surface area contributed by atoms with E-state index in [0.29, 0.717) is 30.9 Å². The normalized spacial score (nSPS) is 16.1. The Hall–Kier alpha value is -2.44. The number of rotatable bonds is 6. The van der Waals surface area contributed by atoms with Gasteiger partial charge in [0.05, 0.1) is 0 Å². The van der Waals surface area contributed by atoms with E-state index >= 15 is 0 Å². The minimum atomic E-state index is -0.795. The van der Waals surface area contributed by atoms with Crippen molar-refractivity contribution < 1.29 is 18.7 Å². The molecule has 0 atom stereocenters. The Balaban J connectivity index is 1.63. The molecular weight excluding hydrogens is 335 g/mol. The predicted octanol–water partition coefficient (Wildman–Crippen LogP) is 3.11. The lowest BCUT2D eigenvalue weighted by molar-refractivity contribution is -0.140. The van der Waals surface area contributed by atoms with Crippen LogP contribution >= 0.6 is 0 Å². The molecule has 3 rings (SSSR count). The molecule has 2 aromatic carbocycles. The number of benzene rings is 2. The first kappa shape index (κ1) is 18.4. The van der Waals surface area contributed by atoms with Gasteiger partial charge in [0.25, 0.3) is 5.91 Å². The maximum Gasteiger partial charge on any atom is 0.256 e. The van der Waals surface area contributed by atoms with E-state index in [9.17, 15) is 9.18 Å². The van der Waals surface area contributed by atoms with E-state index in [2.05, 4.69) is 10.6 Å². The quantitative estimate of drug-likeness (QED) is 0.833. The van der Waals surface area contributed by atoms with Gasteiger partial charge in [-0.2, -0.15) is 0 Å². The summed E-state index contributed by atoms with van der Waals surface area (Å²) in [5, 5.41) is 6.16. The van der Waals surface area contributed by atoms with Crippen molar-refractivity contribution in [3.63, 3.8) is 0 Å². The summed E-state index contributed by atoms with van der Waals surface area (Å²) in [6, 6.07) is 13.4. The molecule has 1 aliphatic heterocycles. The fourth-order valence-electron chi connectivity index (χ4n) is 3.01. The van der Waals surface area contributed by atoms with Gasteiger partial charge in [0.2, 0.25) is 0 Å². The van der Waals surface area contributed by atoms with E-state index < -0.39 is 5.60 Å². The summed E-state index contributed by atoms with van der Waals surface area (Å²) in [7, 11) is 1.58. The van der Waals surface area contributed by atoms with Crippen molar-refractivity contribution in [3.8, 4) is 5.75 Å². The lowest BCUT2D eigenvalue weighted by Gasteiger charge is -2.34. The fraction of sp³-hybridized carbons (Fsp3) is 0.350. The molecule has 0 aromatic heterocycles. The average molecular weight is 358 g/mol. The number of anilines is 1. The summed E-state index contributed by atoms with van der Waals surface area (Å²) in [4.78, 5) is 12.7. The highest BCUT2D eigenvalue weighted by Crippen LogP contribution is 2.26. The molecule has 5 nitrogen and oxygen atoms in total. The van der Waals surface area contributed by atoms with E-state index in [1.165, 1.54) is 12.1 Å². The van der Waals surface area contributed by atoms with Gasteiger partial charge in [-0.3, -0.25) is 4.79 Å². The third-order valence-electron chi connectivity index (χ3n) is 4.63. The summed E-state index contributed by atoms with van der Waals surface area (Å²) < 4.78 is 24.2. The van der Waals surface area contributed by atoms with Crippen molar-refractivity contribution in [2.45, 2.75) is 25.0 Å². The minimum Gasteiger partial charge on any atom is -0.489 e. The first-order chi connectivity index (χ1) is 12.6. The van der Waals surface area contributed by atoms with Crippen LogP contribution in [0.4, 0.5) is 10.1 Å². The molecule has 2 aromatic rings. The van der Waals surface area contributed by atoms with Crippen LogP contribution in [0.1, 0.15) is 18.4 Å². The van der Waals surface area contributed by atoms with Crippen LogP contribution in [0.3, 0.4) is 0 Å². The van der Waals surface area contributed by atoms with Gasteiger partial charge in [0.1, 0.15) is 23.8 Å². The van der Waals surface area contributed by atoms with E-state index in [1.807, 2.05) is 18.2 Å². The Labute approximate surface area is 152 Å². The number of carbonyl (C=O) groups is 1. The second-order valence-corrected chi connectivity index (χ2v) is 6.35. The second-order valence-electron chi connectivity index (χ2n) is 6.35. The Morgan fingerprint density at radius 1 is 1.19 bits per heavy atom. The van der Waals surface area contributed by atoms with Crippen LogP contribution in [0.15, 0.2) is 48.5 Å². The number of piperidine rings is 1. The summed E-state index contributed by atoms with van der Waals surface area (Å²) in [6.45, 7) is 1.83. The standard InChI is InChI=1S/C20H23FN2O3/c1-25-20(9-11-22-12-10-20)19(24)23-17-3-2-4-18(13-17)26-14-15-5-7-16(21)8-6-15/h2-8,13,22H,9-12,14H2,1H3,(H,23,24). The second kappa shape index (κ2) is 8.29.